The summed E-state index contributed by atoms with van der Waals surface area (Å²) in [6.45, 7) is 2.62. The summed E-state index contributed by atoms with van der Waals surface area (Å²) in [5.74, 6) is -1.56. The predicted octanol–water partition coefficient (Wildman–Crippen LogP) is 3.05. The zero-order valence-electron chi connectivity index (χ0n) is 15.9. The van der Waals surface area contributed by atoms with E-state index >= 15 is 0 Å². The highest BCUT2D eigenvalue weighted by atomic mass is 19.3. The second-order valence-corrected chi connectivity index (χ2v) is 7.18. The molecule has 148 valence electrons. The van der Waals surface area contributed by atoms with E-state index in [1.54, 1.807) is 22.0 Å². The summed E-state index contributed by atoms with van der Waals surface area (Å²) in [6.07, 6.45) is 6.76. The van der Waals surface area contributed by atoms with Crippen molar-refractivity contribution in [1.82, 2.24) is 29.9 Å². The molecule has 9 heteroatoms. The fourth-order valence-corrected chi connectivity index (χ4v) is 3.40. The van der Waals surface area contributed by atoms with Gasteiger partial charge in [0.15, 0.2) is 17.0 Å². The molecule has 0 amide bonds. The topological polar surface area (TPSA) is 72.6 Å². The van der Waals surface area contributed by atoms with Crippen molar-refractivity contribution in [2.75, 3.05) is 18.0 Å². The van der Waals surface area contributed by atoms with Crippen LogP contribution in [0.15, 0.2) is 24.5 Å². The smallest absolute Gasteiger partial charge is 0.266 e. The van der Waals surface area contributed by atoms with Crippen molar-refractivity contribution >= 4 is 17.0 Å². The predicted molar refractivity (Wildman–Crippen MR) is 101 cm³/mol. The number of nitrogens with zero attached hydrogens (tertiary/aromatic N) is 7. The van der Waals surface area contributed by atoms with Crippen LogP contribution >= 0.6 is 0 Å². The molecule has 0 aliphatic carbocycles. The molecule has 0 atom stereocenters. The maximum atomic E-state index is 13.8. The van der Waals surface area contributed by atoms with Crippen molar-refractivity contribution in [2.45, 2.75) is 51.5 Å². The number of alkyl halides is 2. The van der Waals surface area contributed by atoms with Crippen molar-refractivity contribution in [3.8, 4) is 0 Å². The number of hydrogen-bond acceptors (Lipinski definition) is 6. The molecule has 0 radical (unpaired) electrons. The van der Waals surface area contributed by atoms with Gasteiger partial charge in [0.25, 0.3) is 5.92 Å². The molecule has 28 heavy (non-hydrogen) atoms. The van der Waals surface area contributed by atoms with Gasteiger partial charge in [-0.2, -0.15) is 0 Å². The van der Waals surface area contributed by atoms with E-state index in [0.717, 1.165) is 24.8 Å². The number of halogens is 2. The second kappa shape index (κ2) is 7.73. The molecule has 1 saturated heterocycles. The van der Waals surface area contributed by atoms with Gasteiger partial charge in [0.05, 0.1) is 6.54 Å². The van der Waals surface area contributed by atoms with E-state index in [2.05, 4.69) is 32.2 Å². The first-order valence-electron chi connectivity index (χ1n) is 9.67. The Morgan fingerprint density at radius 3 is 2.68 bits per heavy atom. The van der Waals surface area contributed by atoms with Gasteiger partial charge in [-0.05, 0) is 30.5 Å². The van der Waals surface area contributed by atoms with Gasteiger partial charge in [0.2, 0.25) is 0 Å². The lowest BCUT2D eigenvalue weighted by atomic mass is 10.2. The van der Waals surface area contributed by atoms with Crippen molar-refractivity contribution < 1.29 is 8.78 Å². The van der Waals surface area contributed by atoms with E-state index in [1.807, 2.05) is 12.1 Å². The quantitative estimate of drug-likeness (QED) is 0.620. The molecule has 0 unspecified atom stereocenters. The molecular formula is C19H23F2N7. The van der Waals surface area contributed by atoms with Gasteiger partial charge >= 0.3 is 0 Å². The zero-order chi connectivity index (χ0) is 19.6. The molecule has 0 spiro atoms. The summed E-state index contributed by atoms with van der Waals surface area (Å²) in [5, 5.41) is 8.47. The summed E-state index contributed by atoms with van der Waals surface area (Å²) < 4.78 is 29.3. The Morgan fingerprint density at radius 1 is 1.14 bits per heavy atom. The molecular weight excluding hydrogens is 364 g/mol. The van der Waals surface area contributed by atoms with Gasteiger partial charge < -0.3 is 4.90 Å². The Labute approximate surface area is 161 Å². The lowest BCUT2D eigenvalue weighted by Gasteiger charge is -2.18. The summed E-state index contributed by atoms with van der Waals surface area (Å²) in [5.41, 5.74) is 2.24. The first-order valence-corrected chi connectivity index (χ1v) is 9.67. The molecule has 1 fully saturated rings. The normalized spacial score (nSPS) is 16.2. The number of pyridine rings is 1. The van der Waals surface area contributed by atoms with E-state index in [9.17, 15) is 8.78 Å². The summed E-state index contributed by atoms with van der Waals surface area (Å²) in [6, 6.07) is 3.91. The third-order valence-electron chi connectivity index (χ3n) is 4.98. The number of hydrogen-bond donors (Lipinski definition) is 0. The fourth-order valence-electron chi connectivity index (χ4n) is 3.40. The Bertz CT molecular complexity index is 942. The third-order valence-corrected chi connectivity index (χ3v) is 4.98. The molecule has 0 saturated carbocycles. The third kappa shape index (κ3) is 3.93. The second-order valence-electron chi connectivity index (χ2n) is 7.18. The van der Waals surface area contributed by atoms with Crippen LogP contribution in [-0.4, -0.2) is 49.0 Å². The zero-order valence-corrected chi connectivity index (χ0v) is 15.9. The summed E-state index contributed by atoms with van der Waals surface area (Å²) >= 11 is 0. The van der Waals surface area contributed by atoms with Crippen LogP contribution in [0.3, 0.4) is 0 Å². The van der Waals surface area contributed by atoms with Crippen molar-refractivity contribution in [3.05, 3.63) is 35.9 Å². The molecule has 0 aromatic carbocycles. The van der Waals surface area contributed by atoms with Gasteiger partial charge in [0.1, 0.15) is 5.82 Å². The van der Waals surface area contributed by atoms with Crippen LogP contribution in [0.5, 0.6) is 0 Å². The van der Waals surface area contributed by atoms with E-state index in [-0.39, 0.29) is 19.5 Å². The van der Waals surface area contributed by atoms with Crippen molar-refractivity contribution in [2.24, 2.45) is 0 Å². The van der Waals surface area contributed by atoms with Gasteiger partial charge in [-0.1, -0.05) is 18.6 Å². The van der Waals surface area contributed by atoms with E-state index < -0.39 is 5.92 Å². The van der Waals surface area contributed by atoms with E-state index in [4.69, 9.17) is 0 Å². The molecule has 4 heterocycles. The standard InChI is InChI=1S/C19H23F2N7/c1-2-3-4-15-23-17(27-12-8-19(20,21)13-27)16-18(24-15)28(26-25-16)11-7-14-5-9-22-10-6-14/h5-6,9-10H,2-4,7-8,11-13H2,1H3. The van der Waals surface area contributed by atoms with Crippen molar-refractivity contribution in [3.63, 3.8) is 0 Å². The average Bonchev–Trinajstić information content (AvgIpc) is 3.27. The summed E-state index contributed by atoms with van der Waals surface area (Å²) in [7, 11) is 0. The number of rotatable bonds is 7. The SMILES string of the molecule is CCCCc1nc(N2CCC(F)(F)C2)c2nnn(CCc3ccncc3)c2n1. The lowest BCUT2D eigenvalue weighted by Crippen LogP contribution is -2.26. The minimum absolute atomic E-state index is 0.168. The molecule has 1 aliphatic rings. The van der Waals surface area contributed by atoms with Crippen molar-refractivity contribution in [1.29, 1.82) is 0 Å². The molecule has 3 aromatic heterocycles. The first-order chi connectivity index (χ1) is 13.6. The minimum Gasteiger partial charge on any atom is -0.348 e. The van der Waals surface area contributed by atoms with Crippen LogP contribution in [-0.2, 0) is 19.4 Å². The molecule has 0 N–H and O–H groups in total. The highest BCUT2D eigenvalue weighted by Gasteiger charge is 2.40. The van der Waals surface area contributed by atoms with Gasteiger partial charge in [-0.25, -0.2) is 23.4 Å². The van der Waals surface area contributed by atoms with Crippen LogP contribution in [0.1, 0.15) is 37.6 Å². The fraction of sp³-hybridized carbons (Fsp3) is 0.526. The maximum Gasteiger partial charge on any atom is 0.266 e. The highest BCUT2D eigenvalue weighted by Crippen LogP contribution is 2.32. The van der Waals surface area contributed by atoms with Crippen LogP contribution in [0.2, 0.25) is 0 Å². The monoisotopic (exact) mass is 387 g/mol. The van der Waals surface area contributed by atoms with Crippen LogP contribution in [0, 0.1) is 0 Å². The van der Waals surface area contributed by atoms with Gasteiger partial charge in [-0.3, -0.25) is 4.98 Å². The van der Waals surface area contributed by atoms with E-state index in [1.165, 1.54) is 0 Å². The maximum absolute atomic E-state index is 13.8. The molecule has 4 rings (SSSR count). The highest BCUT2D eigenvalue weighted by molar-refractivity contribution is 5.83. The van der Waals surface area contributed by atoms with Gasteiger partial charge in [0, 0.05) is 38.3 Å². The van der Waals surface area contributed by atoms with Crippen LogP contribution in [0.4, 0.5) is 14.6 Å². The Morgan fingerprint density at radius 2 is 1.96 bits per heavy atom. The molecule has 1 aliphatic heterocycles. The number of aryl methyl sites for hydroxylation is 3. The average molecular weight is 387 g/mol. The Hall–Kier alpha value is -2.71. The molecule has 7 nitrogen and oxygen atoms in total. The largest absolute Gasteiger partial charge is 0.348 e. The van der Waals surface area contributed by atoms with Gasteiger partial charge in [-0.15, -0.1) is 5.10 Å². The lowest BCUT2D eigenvalue weighted by molar-refractivity contribution is 0.0257. The molecule has 3 aromatic rings. The van der Waals surface area contributed by atoms with Crippen LogP contribution in [0.25, 0.3) is 11.2 Å². The Balaban J connectivity index is 1.67. The number of fused-ring (bicyclic) bond motifs is 1. The Kier molecular flexibility index (Phi) is 5.15. The van der Waals surface area contributed by atoms with Crippen LogP contribution < -0.4 is 4.90 Å². The minimum atomic E-state index is -2.70. The summed E-state index contributed by atoms with van der Waals surface area (Å²) in [4.78, 5) is 14.9. The molecule has 0 bridgehead atoms. The van der Waals surface area contributed by atoms with E-state index in [0.29, 0.717) is 35.8 Å². The number of unbranched alkanes of at least 4 members (excludes halogenated alkanes) is 1. The number of anilines is 1. The number of aromatic nitrogens is 6. The first kappa shape index (κ1) is 18.6.